The number of carbonyl (C=O) groups is 4. The Morgan fingerprint density at radius 1 is 0.370 bits per heavy atom. The van der Waals surface area contributed by atoms with Crippen LogP contribution in [-0.2, 0) is 10.8 Å². The molecule has 0 spiro atoms. The second-order valence-electron chi connectivity index (χ2n) is 19.3. The van der Waals surface area contributed by atoms with Gasteiger partial charge in [0.1, 0.15) is 0 Å². The van der Waals surface area contributed by atoms with E-state index in [9.17, 15) is 19.2 Å². The number of carbonyl (C=O) groups excluding carboxylic acids is 4. The summed E-state index contributed by atoms with van der Waals surface area (Å²) in [6, 6.07) is 36.1. The second-order valence-corrected chi connectivity index (χ2v) is 19.3. The Kier molecular flexibility index (Phi) is 12.1. The average molecular weight is 993 g/mol. The molecule has 9 rings (SSSR count). The lowest BCUT2D eigenvalue weighted by atomic mass is 9.63. The molecule has 0 aliphatic carbocycles. The summed E-state index contributed by atoms with van der Waals surface area (Å²) in [6.07, 6.45) is -12.3. The number of aryl methyl sites for hydroxylation is 5. The fourth-order valence-corrected chi connectivity index (χ4v) is 11.1. The predicted molar refractivity (Wildman–Crippen MR) is 272 cm³/mol. The zero-order valence-corrected chi connectivity index (χ0v) is 41.5. The number of rotatable bonds is 10. The van der Waals surface area contributed by atoms with Gasteiger partial charge in [-0.15, -0.1) is 0 Å². The highest BCUT2D eigenvalue weighted by atomic mass is 19.4. The minimum absolute atomic E-state index is 0.0772. The number of halogens is 6. The number of alkyl halides is 6. The Bertz CT molecular complexity index is 3440. The molecule has 0 saturated carbocycles. The summed E-state index contributed by atoms with van der Waals surface area (Å²) >= 11 is 0. The van der Waals surface area contributed by atoms with Crippen LogP contribution < -0.4 is 19.6 Å². The number of fused-ring (bicyclic) bond motifs is 2. The van der Waals surface area contributed by atoms with Crippen LogP contribution >= 0.6 is 0 Å². The SMILES string of the molecule is Cc1cc(C(c2ccccc2)(c2ccc(N3C(=O)c4ccc(C(c5ccc6c(c5)C(=O)N(c5cc(C)c(N(C)C)cc5C)C6=O)(C(F)(F)F)C(F)(F)F)cc4C3=O)c(C)c2)c2ccccc2C)ccc1N(C)C. The molecule has 1 unspecified atom stereocenters. The Morgan fingerprint density at radius 3 is 1.30 bits per heavy atom. The van der Waals surface area contributed by atoms with Crippen molar-refractivity contribution in [2.75, 3.05) is 47.8 Å². The van der Waals surface area contributed by atoms with Crippen LogP contribution in [0, 0.1) is 34.6 Å². The van der Waals surface area contributed by atoms with E-state index in [1.165, 1.54) is 0 Å². The van der Waals surface area contributed by atoms with E-state index in [0.29, 0.717) is 41.0 Å². The minimum atomic E-state index is -6.14. The maximum absolute atomic E-state index is 15.8. The number of hydrogen-bond acceptors (Lipinski definition) is 6. The average Bonchev–Trinajstić information content (AvgIpc) is 3.72. The van der Waals surface area contributed by atoms with Gasteiger partial charge in [-0.2, -0.15) is 26.3 Å². The Hall–Kier alpha value is -8.00. The molecule has 2 aliphatic heterocycles. The Balaban J connectivity index is 1.15. The molecule has 0 fully saturated rings. The van der Waals surface area contributed by atoms with Gasteiger partial charge in [-0.1, -0.05) is 91.0 Å². The van der Waals surface area contributed by atoms with Crippen molar-refractivity contribution in [2.24, 2.45) is 0 Å². The molecule has 7 aromatic rings. The lowest BCUT2D eigenvalue weighted by Gasteiger charge is -2.39. The van der Waals surface area contributed by atoms with Crippen molar-refractivity contribution >= 4 is 46.4 Å². The van der Waals surface area contributed by atoms with Crippen LogP contribution in [-0.4, -0.2) is 64.2 Å². The van der Waals surface area contributed by atoms with E-state index in [-0.39, 0.29) is 16.9 Å². The largest absolute Gasteiger partial charge is 0.411 e. The molecular weight excluding hydrogens is 943 g/mol. The maximum Gasteiger partial charge on any atom is 0.411 e. The molecule has 0 saturated heterocycles. The van der Waals surface area contributed by atoms with Gasteiger partial charge >= 0.3 is 12.4 Å². The molecule has 8 nitrogen and oxygen atoms in total. The molecule has 73 heavy (non-hydrogen) atoms. The normalized spacial score (nSPS) is 14.7. The fourth-order valence-electron chi connectivity index (χ4n) is 11.1. The molecule has 1 atom stereocenters. The number of hydrogen-bond donors (Lipinski definition) is 0. The van der Waals surface area contributed by atoms with Crippen LogP contribution in [0.5, 0.6) is 0 Å². The van der Waals surface area contributed by atoms with E-state index >= 15 is 26.3 Å². The van der Waals surface area contributed by atoms with Gasteiger partial charge in [0.05, 0.1) is 39.0 Å². The van der Waals surface area contributed by atoms with Crippen molar-refractivity contribution < 1.29 is 45.5 Å². The monoisotopic (exact) mass is 992 g/mol. The Labute approximate surface area is 419 Å². The summed E-state index contributed by atoms with van der Waals surface area (Å²) in [5.41, 5.74) is -1.70. The zero-order valence-electron chi connectivity index (χ0n) is 41.5. The number of anilines is 4. The minimum Gasteiger partial charge on any atom is -0.377 e. The van der Waals surface area contributed by atoms with Crippen molar-refractivity contribution in [3.63, 3.8) is 0 Å². The molecule has 14 heteroatoms. The summed E-state index contributed by atoms with van der Waals surface area (Å²) in [5.74, 6) is -4.10. The molecule has 2 heterocycles. The van der Waals surface area contributed by atoms with Crippen LogP contribution in [0.3, 0.4) is 0 Å². The molecule has 0 radical (unpaired) electrons. The van der Waals surface area contributed by atoms with Crippen LogP contribution in [0.1, 0.15) is 103 Å². The van der Waals surface area contributed by atoms with Gasteiger partial charge in [0, 0.05) is 39.6 Å². The molecule has 372 valence electrons. The third-order valence-corrected chi connectivity index (χ3v) is 14.5. The first-order chi connectivity index (χ1) is 34.4. The van der Waals surface area contributed by atoms with Gasteiger partial charge in [0.15, 0.2) is 0 Å². The number of benzene rings is 7. The summed E-state index contributed by atoms with van der Waals surface area (Å²) in [7, 11) is 7.50. The van der Waals surface area contributed by atoms with Gasteiger partial charge in [-0.05, 0) is 144 Å². The first-order valence-electron chi connectivity index (χ1n) is 23.4. The summed E-state index contributed by atoms with van der Waals surface area (Å²) in [5, 5.41) is 0. The molecule has 2 aliphatic rings. The van der Waals surface area contributed by atoms with Gasteiger partial charge < -0.3 is 9.80 Å². The third kappa shape index (κ3) is 7.51. The number of imide groups is 2. The van der Waals surface area contributed by atoms with Crippen molar-refractivity contribution in [1.82, 2.24) is 0 Å². The molecule has 0 aromatic heterocycles. The lowest BCUT2D eigenvalue weighted by Crippen LogP contribution is -2.55. The topological polar surface area (TPSA) is 81.2 Å². The van der Waals surface area contributed by atoms with E-state index in [1.807, 2.05) is 104 Å². The van der Waals surface area contributed by atoms with Crippen LogP contribution in [0.25, 0.3) is 0 Å². The van der Waals surface area contributed by atoms with Crippen LogP contribution in [0.4, 0.5) is 49.1 Å². The molecule has 7 aromatic carbocycles. The first kappa shape index (κ1) is 50.0. The summed E-state index contributed by atoms with van der Waals surface area (Å²) < 4.78 is 94.7. The van der Waals surface area contributed by atoms with E-state index in [1.54, 1.807) is 59.1 Å². The van der Waals surface area contributed by atoms with Crippen molar-refractivity contribution in [3.8, 4) is 0 Å². The maximum atomic E-state index is 15.8. The Morgan fingerprint density at radius 2 is 0.808 bits per heavy atom. The summed E-state index contributed by atoms with van der Waals surface area (Å²) in [6.45, 7) is 9.09. The van der Waals surface area contributed by atoms with E-state index < -0.39 is 74.6 Å². The molecule has 0 N–H and O–H groups in total. The van der Waals surface area contributed by atoms with Crippen LogP contribution in [0.15, 0.2) is 140 Å². The number of amides is 4. The quantitative estimate of drug-likeness (QED) is 0.0771. The van der Waals surface area contributed by atoms with Gasteiger partial charge in [-0.25, -0.2) is 9.80 Å². The fraction of sp³-hybridized carbons (Fsp3) is 0.220. The number of nitrogens with zero attached hydrogens (tertiary/aromatic N) is 4. The highest BCUT2D eigenvalue weighted by Crippen LogP contribution is 2.57. The smallest absolute Gasteiger partial charge is 0.377 e. The predicted octanol–water partition coefficient (Wildman–Crippen LogP) is 12.8. The lowest BCUT2D eigenvalue weighted by molar-refractivity contribution is -0.288. The van der Waals surface area contributed by atoms with Crippen molar-refractivity contribution in [3.05, 3.63) is 223 Å². The highest BCUT2D eigenvalue weighted by molar-refractivity contribution is 6.35. The van der Waals surface area contributed by atoms with E-state index in [0.717, 1.165) is 66.7 Å². The first-order valence-corrected chi connectivity index (χ1v) is 23.4. The second kappa shape index (κ2) is 17.6. The highest BCUT2D eigenvalue weighted by Gasteiger charge is 2.73. The van der Waals surface area contributed by atoms with Crippen molar-refractivity contribution in [1.29, 1.82) is 0 Å². The summed E-state index contributed by atoms with van der Waals surface area (Å²) in [4.78, 5) is 62.0. The molecule has 4 amide bonds. The van der Waals surface area contributed by atoms with Crippen LogP contribution in [0.2, 0.25) is 0 Å². The molecular formula is C59H50F6N4O4. The zero-order chi connectivity index (χ0) is 52.9. The standard InChI is InChI=1S/C59H50F6N4O4/c1-33-15-13-14-18-47(33)56(38-16-11-10-12-17-38,39-21-25-48(66(6)7)34(2)27-39)40-22-26-49(35(3)28-40)68-52(70)43-23-19-41(31-45(43)54(68)72)57(58(60,61)62,59(63,64)65)42-20-24-44-46(32-42)55(73)69(53(44)71)51-30-36(4)50(67(8)9)29-37(51)5/h10-32H,1-9H3. The van der Waals surface area contributed by atoms with Gasteiger partial charge in [0.25, 0.3) is 23.6 Å². The molecule has 0 bridgehead atoms. The van der Waals surface area contributed by atoms with Gasteiger partial charge in [-0.3, -0.25) is 19.2 Å². The third-order valence-electron chi connectivity index (χ3n) is 14.5. The van der Waals surface area contributed by atoms with Gasteiger partial charge in [0.2, 0.25) is 5.41 Å². The van der Waals surface area contributed by atoms with E-state index in [4.69, 9.17) is 0 Å². The van der Waals surface area contributed by atoms with E-state index in [2.05, 4.69) is 12.1 Å². The van der Waals surface area contributed by atoms with Crippen molar-refractivity contribution in [2.45, 2.75) is 57.8 Å².